The van der Waals surface area contributed by atoms with Gasteiger partial charge < -0.3 is 10.1 Å². The summed E-state index contributed by atoms with van der Waals surface area (Å²) in [6.45, 7) is 1.76. The number of halogens is 2. The summed E-state index contributed by atoms with van der Waals surface area (Å²) in [5.41, 5.74) is 2.84. The molecule has 0 atom stereocenters. The smallest absolute Gasteiger partial charge is 0.293 e. The Balaban J connectivity index is 1.49. The average Bonchev–Trinajstić information content (AvgIpc) is 3.07. The van der Waals surface area contributed by atoms with E-state index in [1.54, 1.807) is 48.5 Å². The van der Waals surface area contributed by atoms with Crippen molar-refractivity contribution >= 4 is 63.8 Å². The number of ether oxygens (including phenoxy) is 1. The van der Waals surface area contributed by atoms with Gasteiger partial charge in [-0.05, 0) is 72.3 Å². The number of hydrogen-bond acceptors (Lipinski definition) is 5. The zero-order valence-electron chi connectivity index (χ0n) is 18.6. The lowest BCUT2D eigenvalue weighted by Gasteiger charge is -2.13. The largest absolute Gasteiger partial charge is 0.483 e. The number of rotatable bonds is 7. The minimum absolute atomic E-state index is 0.0692. The first-order chi connectivity index (χ1) is 16.8. The SMILES string of the molecule is Cc1cccc(NC(=O)COc2ccc(Cl)cc2/C=C2\SC(=O)N(Cc3ccccc3Cl)C2=O)c1. The van der Waals surface area contributed by atoms with Gasteiger partial charge in [0.25, 0.3) is 17.1 Å². The van der Waals surface area contributed by atoms with Gasteiger partial charge in [0.1, 0.15) is 5.75 Å². The van der Waals surface area contributed by atoms with Crippen molar-refractivity contribution in [1.82, 2.24) is 4.90 Å². The van der Waals surface area contributed by atoms with Crippen LogP contribution in [0.15, 0.2) is 71.6 Å². The summed E-state index contributed by atoms with van der Waals surface area (Å²) >= 11 is 13.2. The summed E-state index contributed by atoms with van der Waals surface area (Å²) in [5.74, 6) is -0.425. The molecule has 3 amide bonds. The van der Waals surface area contributed by atoms with Crippen molar-refractivity contribution in [3.8, 4) is 5.75 Å². The van der Waals surface area contributed by atoms with E-state index in [-0.39, 0.29) is 24.0 Å². The maximum atomic E-state index is 13.0. The van der Waals surface area contributed by atoms with Gasteiger partial charge in [-0.3, -0.25) is 19.3 Å². The molecule has 178 valence electrons. The lowest BCUT2D eigenvalue weighted by atomic mass is 10.1. The van der Waals surface area contributed by atoms with Crippen LogP contribution in [0.3, 0.4) is 0 Å². The van der Waals surface area contributed by atoms with Crippen molar-refractivity contribution in [2.75, 3.05) is 11.9 Å². The molecule has 1 N–H and O–H groups in total. The van der Waals surface area contributed by atoms with Crippen LogP contribution in [0.1, 0.15) is 16.7 Å². The molecule has 0 saturated carbocycles. The lowest BCUT2D eigenvalue weighted by Crippen LogP contribution is -2.27. The number of carbonyl (C=O) groups is 3. The Morgan fingerprint density at radius 2 is 1.86 bits per heavy atom. The molecule has 4 rings (SSSR count). The highest BCUT2D eigenvalue weighted by atomic mass is 35.5. The van der Waals surface area contributed by atoms with Gasteiger partial charge in [0.15, 0.2) is 6.61 Å². The molecular formula is C26H20Cl2N2O4S. The number of carbonyl (C=O) groups excluding carboxylic acids is 3. The molecule has 3 aromatic rings. The molecule has 1 saturated heterocycles. The normalized spacial score (nSPS) is 14.5. The second kappa shape index (κ2) is 11.0. The van der Waals surface area contributed by atoms with Gasteiger partial charge >= 0.3 is 0 Å². The molecule has 1 aliphatic heterocycles. The van der Waals surface area contributed by atoms with Crippen LogP contribution in [0, 0.1) is 6.92 Å². The van der Waals surface area contributed by atoms with Gasteiger partial charge in [0.05, 0.1) is 11.4 Å². The average molecular weight is 527 g/mol. The predicted molar refractivity (Wildman–Crippen MR) is 140 cm³/mol. The molecule has 0 spiro atoms. The fraction of sp³-hybridized carbons (Fsp3) is 0.115. The van der Waals surface area contributed by atoms with E-state index in [1.807, 2.05) is 25.1 Å². The van der Waals surface area contributed by atoms with Crippen LogP contribution < -0.4 is 10.1 Å². The number of aryl methyl sites for hydroxylation is 1. The van der Waals surface area contributed by atoms with E-state index in [1.165, 1.54) is 6.08 Å². The van der Waals surface area contributed by atoms with Crippen molar-refractivity contribution in [1.29, 1.82) is 0 Å². The van der Waals surface area contributed by atoms with Gasteiger partial charge in [-0.25, -0.2) is 0 Å². The Labute approximate surface area is 216 Å². The second-order valence-electron chi connectivity index (χ2n) is 7.75. The zero-order chi connectivity index (χ0) is 24.9. The van der Waals surface area contributed by atoms with E-state index in [2.05, 4.69) is 5.32 Å². The third kappa shape index (κ3) is 6.25. The van der Waals surface area contributed by atoms with Gasteiger partial charge in [0.2, 0.25) is 0 Å². The number of thioether (sulfide) groups is 1. The maximum absolute atomic E-state index is 13.0. The van der Waals surface area contributed by atoms with Gasteiger partial charge in [-0.15, -0.1) is 0 Å². The summed E-state index contributed by atoms with van der Waals surface area (Å²) in [5, 5.41) is 3.27. The maximum Gasteiger partial charge on any atom is 0.293 e. The van der Waals surface area contributed by atoms with Crippen molar-refractivity contribution in [3.05, 3.63) is 98.4 Å². The molecule has 0 bridgehead atoms. The highest BCUT2D eigenvalue weighted by Gasteiger charge is 2.35. The lowest BCUT2D eigenvalue weighted by molar-refractivity contribution is -0.123. The zero-order valence-corrected chi connectivity index (χ0v) is 20.9. The van der Waals surface area contributed by atoms with Crippen molar-refractivity contribution in [3.63, 3.8) is 0 Å². The third-order valence-electron chi connectivity index (χ3n) is 5.08. The van der Waals surface area contributed by atoms with Crippen molar-refractivity contribution < 1.29 is 19.1 Å². The quantitative estimate of drug-likeness (QED) is 0.353. The predicted octanol–water partition coefficient (Wildman–Crippen LogP) is 6.56. The molecule has 0 aliphatic carbocycles. The molecule has 1 fully saturated rings. The van der Waals surface area contributed by atoms with Crippen molar-refractivity contribution in [2.24, 2.45) is 0 Å². The first-order valence-corrected chi connectivity index (χ1v) is 12.1. The number of anilines is 1. The number of imide groups is 1. The van der Waals surface area contributed by atoms with Crippen LogP contribution in [0.5, 0.6) is 5.75 Å². The van der Waals surface area contributed by atoms with Gasteiger partial charge in [-0.1, -0.05) is 53.5 Å². The highest BCUT2D eigenvalue weighted by Crippen LogP contribution is 2.36. The van der Waals surface area contributed by atoms with Crippen LogP contribution in [0.4, 0.5) is 10.5 Å². The highest BCUT2D eigenvalue weighted by molar-refractivity contribution is 8.18. The third-order valence-corrected chi connectivity index (χ3v) is 6.59. The van der Waals surface area contributed by atoms with Crippen LogP contribution >= 0.6 is 35.0 Å². The summed E-state index contributed by atoms with van der Waals surface area (Å²) in [7, 11) is 0. The summed E-state index contributed by atoms with van der Waals surface area (Å²) in [4.78, 5) is 39.2. The van der Waals surface area contributed by atoms with E-state index in [0.29, 0.717) is 32.6 Å². The molecule has 1 aliphatic rings. The molecule has 1 heterocycles. The van der Waals surface area contributed by atoms with Gasteiger partial charge in [0, 0.05) is 21.3 Å². The Hall–Kier alpha value is -3.26. The standard InChI is InChI=1S/C26H20Cl2N2O4S/c1-16-5-4-7-20(11-16)29-24(31)15-34-22-10-9-19(27)12-18(22)13-23-25(32)30(26(33)35-23)14-17-6-2-3-8-21(17)28/h2-13H,14-15H2,1H3,(H,29,31)/b23-13-. The van der Waals surface area contributed by atoms with Gasteiger partial charge in [-0.2, -0.15) is 0 Å². The van der Waals surface area contributed by atoms with Crippen LogP contribution in [-0.4, -0.2) is 28.6 Å². The fourth-order valence-corrected chi connectivity index (χ4v) is 4.61. The van der Waals surface area contributed by atoms with E-state index >= 15 is 0 Å². The molecule has 6 nitrogen and oxygen atoms in total. The van der Waals surface area contributed by atoms with E-state index in [4.69, 9.17) is 27.9 Å². The van der Waals surface area contributed by atoms with Crippen molar-refractivity contribution in [2.45, 2.75) is 13.5 Å². The molecular weight excluding hydrogens is 507 g/mol. The van der Waals surface area contributed by atoms with E-state index < -0.39 is 11.1 Å². The summed E-state index contributed by atoms with van der Waals surface area (Å²) < 4.78 is 5.72. The Bertz CT molecular complexity index is 1340. The number of hydrogen-bond donors (Lipinski definition) is 1. The molecule has 0 radical (unpaired) electrons. The molecule has 3 aromatic carbocycles. The Morgan fingerprint density at radius 3 is 2.63 bits per heavy atom. The first-order valence-electron chi connectivity index (χ1n) is 10.6. The minimum atomic E-state index is -0.442. The minimum Gasteiger partial charge on any atom is -0.483 e. The summed E-state index contributed by atoms with van der Waals surface area (Å²) in [6, 6.07) is 19.3. The topological polar surface area (TPSA) is 75.7 Å². The monoisotopic (exact) mass is 526 g/mol. The molecule has 35 heavy (non-hydrogen) atoms. The Morgan fingerprint density at radius 1 is 1.06 bits per heavy atom. The number of benzene rings is 3. The molecule has 0 aromatic heterocycles. The van der Waals surface area contributed by atoms with E-state index in [9.17, 15) is 14.4 Å². The number of nitrogens with one attached hydrogen (secondary N) is 1. The summed E-state index contributed by atoms with van der Waals surface area (Å²) in [6.07, 6.45) is 1.54. The van der Waals surface area contributed by atoms with E-state index in [0.717, 1.165) is 22.2 Å². The Kier molecular flexibility index (Phi) is 7.80. The first kappa shape index (κ1) is 24.9. The molecule has 0 unspecified atom stereocenters. The van der Waals surface area contributed by atoms with Crippen LogP contribution in [0.25, 0.3) is 6.08 Å². The molecule has 9 heteroatoms. The second-order valence-corrected chi connectivity index (χ2v) is 9.58. The van der Waals surface area contributed by atoms with Crippen LogP contribution in [-0.2, 0) is 16.1 Å². The van der Waals surface area contributed by atoms with Crippen LogP contribution in [0.2, 0.25) is 10.0 Å². The fourth-order valence-electron chi connectivity index (χ4n) is 3.40. The number of amides is 3. The number of nitrogens with zero attached hydrogens (tertiary/aromatic N) is 1.